The minimum Gasteiger partial charge on any atom is -0.380 e. The summed E-state index contributed by atoms with van der Waals surface area (Å²) in [5, 5.41) is 10.9. The van der Waals surface area contributed by atoms with Crippen LogP contribution in [0.2, 0.25) is 5.02 Å². The van der Waals surface area contributed by atoms with Crippen LogP contribution >= 0.6 is 11.6 Å². The number of rotatable bonds is 12. The zero-order valence-corrected chi connectivity index (χ0v) is 22.7. The van der Waals surface area contributed by atoms with Crippen LogP contribution in [0.1, 0.15) is 62.3 Å². The van der Waals surface area contributed by atoms with Crippen molar-refractivity contribution in [1.82, 2.24) is 15.3 Å². The average molecular weight is 518 g/mol. The Labute approximate surface area is 225 Å². The number of aromatic amines is 1. The minimum atomic E-state index is 0.0622. The SMILES string of the molecule is CCCCCC(CNCC(N)Cc1c[nH]c2ccccc12)Nc1c2c(nc3cc(Cl)ccc13)CCCC2. The topological polar surface area (TPSA) is 78.8 Å². The van der Waals surface area contributed by atoms with Gasteiger partial charge in [-0.05, 0) is 73.9 Å². The molecule has 6 heteroatoms. The van der Waals surface area contributed by atoms with Crippen molar-refractivity contribution in [3.05, 3.63) is 70.5 Å². The fraction of sp³-hybridized carbons (Fsp3) is 0.452. The first-order valence-electron chi connectivity index (χ1n) is 14.0. The quantitative estimate of drug-likeness (QED) is 0.156. The predicted molar refractivity (Wildman–Crippen MR) is 158 cm³/mol. The zero-order chi connectivity index (χ0) is 25.6. The molecule has 1 aliphatic rings. The Morgan fingerprint density at radius 1 is 1.05 bits per heavy atom. The van der Waals surface area contributed by atoms with E-state index in [-0.39, 0.29) is 6.04 Å². The molecule has 0 saturated heterocycles. The summed E-state index contributed by atoms with van der Waals surface area (Å²) in [6.07, 6.45) is 12.4. The molecule has 0 amide bonds. The summed E-state index contributed by atoms with van der Waals surface area (Å²) in [7, 11) is 0. The molecule has 0 spiro atoms. The molecule has 4 aromatic rings. The molecule has 2 unspecified atom stereocenters. The van der Waals surface area contributed by atoms with E-state index in [2.05, 4.69) is 59.1 Å². The van der Waals surface area contributed by atoms with Crippen LogP contribution in [0.15, 0.2) is 48.7 Å². The van der Waals surface area contributed by atoms with Crippen LogP contribution in [0.25, 0.3) is 21.8 Å². The van der Waals surface area contributed by atoms with Gasteiger partial charge in [-0.2, -0.15) is 0 Å². The molecule has 37 heavy (non-hydrogen) atoms. The minimum absolute atomic E-state index is 0.0622. The number of nitrogens with one attached hydrogen (secondary N) is 3. The third-order valence-electron chi connectivity index (χ3n) is 7.68. The number of unbranched alkanes of at least 4 members (excludes halogenated alkanes) is 2. The number of H-pyrrole nitrogens is 1. The molecular weight excluding hydrogens is 478 g/mol. The highest BCUT2D eigenvalue weighted by atomic mass is 35.5. The van der Waals surface area contributed by atoms with Crippen molar-refractivity contribution in [2.75, 3.05) is 18.4 Å². The zero-order valence-electron chi connectivity index (χ0n) is 22.0. The standard InChI is InChI=1S/C31H40ClN5/c1-2-3-4-9-24(20-34-19-23(33)16-21-18-35-28-12-7-5-10-25(21)28)36-31-26-11-6-8-13-29(26)37-30-17-22(32)14-15-27(30)31/h5,7,10,12,14-15,17-18,23-24,34-35H,2-4,6,8-9,11,13,16,19-20,33H2,1H3,(H,36,37). The summed E-state index contributed by atoms with van der Waals surface area (Å²) in [6, 6.07) is 15.0. The third kappa shape index (κ3) is 6.28. The van der Waals surface area contributed by atoms with Gasteiger partial charge in [-0.3, -0.25) is 4.98 Å². The molecule has 2 heterocycles. The molecule has 5 nitrogen and oxygen atoms in total. The largest absolute Gasteiger partial charge is 0.380 e. The number of nitrogens with zero attached hydrogens (tertiary/aromatic N) is 1. The van der Waals surface area contributed by atoms with Gasteiger partial charge in [0.15, 0.2) is 0 Å². The van der Waals surface area contributed by atoms with Crippen molar-refractivity contribution in [3.8, 4) is 0 Å². The van der Waals surface area contributed by atoms with Crippen molar-refractivity contribution < 1.29 is 0 Å². The Bertz CT molecular complexity index is 1330. The molecule has 0 fully saturated rings. The van der Waals surface area contributed by atoms with Crippen LogP contribution in [0.5, 0.6) is 0 Å². The van der Waals surface area contributed by atoms with Crippen LogP contribution in [0.3, 0.4) is 0 Å². The number of pyridine rings is 1. The molecule has 0 aliphatic heterocycles. The molecule has 0 bridgehead atoms. The van der Waals surface area contributed by atoms with Gasteiger partial charge in [0.25, 0.3) is 0 Å². The smallest absolute Gasteiger partial charge is 0.0741 e. The van der Waals surface area contributed by atoms with Gasteiger partial charge in [0.2, 0.25) is 0 Å². The number of hydrogen-bond donors (Lipinski definition) is 4. The van der Waals surface area contributed by atoms with Crippen molar-refractivity contribution in [2.24, 2.45) is 5.73 Å². The molecule has 5 rings (SSSR count). The van der Waals surface area contributed by atoms with Crippen LogP contribution in [-0.2, 0) is 19.3 Å². The Morgan fingerprint density at radius 3 is 2.81 bits per heavy atom. The molecule has 2 aromatic heterocycles. The van der Waals surface area contributed by atoms with Crippen LogP contribution in [-0.4, -0.2) is 35.1 Å². The highest BCUT2D eigenvalue weighted by Gasteiger charge is 2.21. The van der Waals surface area contributed by atoms with Crippen molar-refractivity contribution >= 4 is 39.1 Å². The third-order valence-corrected chi connectivity index (χ3v) is 7.92. The van der Waals surface area contributed by atoms with E-state index in [1.54, 1.807) is 0 Å². The van der Waals surface area contributed by atoms with Crippen LogP contribution in [0, 0.1) is 0 Å². The molecule has 2 atom stereocenters. The van der Waals surface area contributed by atoms with Crippen molar-refractivity contribution in [1.29, 1.82) is 0 Å². The normalized spacial score (nSPS) is 15.1. The van der Waals surface area contributed by atoms with Gasteiger partial charge < -0.3 is 21.4 Å². The lowest BCUT2D eigenvalue weighted by atomic mass is 9.92. The summed E-state index contributed by atoms with van der Waals surface area (Å²) in [6.45, 7) is 3.94. The van der Waals surface area contributed by atoms with Gasteiger partial charge in [0.05, 0.1) is 5.52 Å². The predicted octanol–water partition coefficient (Wildman–Crippen LogP) is 6.77. The first kappa shape index (κ1) is 26.0. The van der Waals surface area contributed by atoms with Crippen LogP contribution < -0.4 is 16.4 Å². The molecule has 5 N–H and O–H groups in total. The maximum absolute atomic E-state index is 6.58. The van der Waals surface area contributed by atoms with E-state index < -0.39 is 0 Å². The summed E-state index contributed by atoms with van der Waals surface area (Å²) < 4.78 is 0. The van der Waals surface area contributed by atoms with E-state index in [1.807, 2.05) is 12.1 Å². The average Bonchev–Trinajstić information content (AvgIpc) is 3.31. The van der Waals surface area contributed by atoms with Crippen LogP contribution in [0.4, 0.5) is 5.69 Å². The Hall–Kier alpha value is -2.60. The molecular formula is C31H40ClN5. The summed E-state index contributed by atoms with van der Waals surface area (Å²) in [5.41, 5.74) is 13.9. The lowest BCUT2D eigenvalue weighted by molar-refractivity contribution is 0.511. The van der Waals surface area contributed by atoms with Gasteiger partial charge in [0.1, 0.15) is 0 Å². The summed E-state index contributed by atoms with van der Waals surface area (Å²) in [4.78, 5) is 8.37. The number of aryl methyl sites for hydroxylation is 1. The van der Waals surface area contributed by atoms with Gasteiger partial charge in [0, 0.05) is 64.1 Å². The second-order valence-corrected chi connectivity index (χ2v) is 11.0. The first-order valence-corrected chi connectivity index (χ1v) is 14.4. The monoisotopic (exact) mass is 517 g/mol. The van der Waals surface area contributed by atoms with E-state index in [1.165, 1.54) is 70.9 Å². The number of fused-ring (bicyclic) bond motifs is 3. The Kier molecular flexibility index (Phi) is 8.65. The number of para-hydroxylation sites is 1. The van der Waals surface area contributed by atoms with Gasteiger partial charge in [-0.1, -0.05) is 56.0 Å². The van der Waals surface area contributed by atoms with Gasteiger partial charge in [-0.15, -0.1) is 0 Å². The highest BCUT2D eigenvalue weighted by Crippen LogP contribution is 2.35. The maximum Gasteiger partial charge on any atom is 0.0741 e. The Balaban J connectivity index is 1.29. The number of anilines is 1. The number of halogens is 1. The van der Waals surface area contributed by atoms with E-state index in [4.69, 9.17) is 22.3 Å². The Morgan fingerprint density at radius 2 is 1.92 bits per heavy atom. The second kappa shape index (κ2) is 12.3. The fourth-order valence-electron chi connectivity index (χ4n) is 5.73. The lowest BCUT2D eigenvalue weighted by Gasteiger charge is -2.27. The second-order valence-electron chi connectivity index (χ2n) is 10.6. The fourth-order valence-corrected chi connectivity index (χ4v) is 5.90. The highest BCUT2D eigenvalue weighted by molar-refractivity contribution is 6.31. The van der Waals surface area contributed by atoms with E-state index in [0.717, 1.165) is 49.3 Å². The number of benzene rings is 2. The van der Waals surface area contributed by atoms with E-state index in [0.29, 0.717) is 6.04 Å². The number of hydrogen-bond acceptors (Lipinski definition) is 4. The molecule has 1 aliphatic carbocycles. The maximum atomic E-state index is 6.58. The first-order chi connectivity index (χ1) is 18.1. The van der Waals surface area contributed by atoms with Gasteiger partial charge >= 0.3 is 0 Å². The number of nitrogens with two attached hydrogens (primary N) is 1. The molecule has 0 radical (unpaired) electrons. The molecule has 0 saturated carbocycles. The van der Waals surface area contributed by atoms with E-state index in [9.17, 15) is 0 Å². The van der Waals surface area contributed by atoms with Crippen molar-refractivity contribution in [2.45, 2.75) is 76.8 Å². The van der Waals surface area contributed by atoms with E-state index >= 15 is 0 Å². The van der Waals surface area contributed by atoms with Gasteiger partial charge in [-0.25, -0.2) is 0 Å². The number of aromatic nitrogens is 2. The molecule has 2 aromatic carbocycles. The molecule has 196 valence electrons. The van der Waals surface area contributed by atoms with Crippen molar-refractivity contribution in [3.63, 3.8) is 0 Å². The summed E-state index contributed by atoms with van der Waals surface area (Å²) in [5.74, 6) is 0. The summed E-state index contributed by atoms with van der Waals surface area (Å²) >= 11 is 6.34. The lowest BCUT2D eigenvalue weighted by Crippen LogP contribution is -2.41.